The van der Waals surface area contributed by atoms with Crippen molar-refractivity contribution in [3.05, 3.63) is 50.3 Å². The van der Waals surface area contributed by atoms with Crippen LogP contribution in [0.4, 0.5) is 5.69 Å². The van der Waals surface area contributed by atoms with Crippen molar-refractivity contribution in [3.8, 4) is 11.5 Å². The van der Waals surface area contributed by atoms with E-state index in [1.807, 2.05) is 13.0 Å². The highest BCUT2D eigenvalue weighted by atomic mass is 35.5. The van der Waals surface area contributed by atoms with E-state index < -0.39 is 15.1 Å². The summed E-state index contributed by atoms with van der Waals surface area (Å²) in [5, 5.41) is 4.59. The summed E-state index contributed by atoms with van der Waals surface area (Å²) in [5.74, 6) is 0.989. The maximum Gasteiger partial charge on any atom is 0.299 e. The van der Waals surface area contributed by atoms with Crippen LogP contribution in [0.25, 0.3) is 0 Å². The van der Waals surface area contributed by atoms with Crippen molar-refractivity contribution in [1.82, 2.24) is 5.16 Å². The Balaban J connectivity index is 1.58. The molecule has 0 amide bonds. The van der Waals surface area contributed by atoms with Gasteiger partial charge in [0.15, 0.2) is 17.3 Å². The predicted molar refractivity (Wildman–Crippen MR) is 107 cm³/mol. The van der Waals surface area contributed by atoms with Gasteiger partial charge in [0, 0.05) is 6.42 Å². The number of hydrogen-bond acceptors (Lipinski definition) is 8. The van der Waals surface area contributed by atoms with Gasteiger partial charge in [0.25, 0.3) is 15.1 Å². The minimum Gasteiger partial charge on any atom is -0.454 e. The fourth-order valence-corrected chi connectivity index (χ4v) is 5.13. The molecule has 1 aromatic carbocycles. The molecule has 29 heavy (non-hydrogen) atoms. The molecule has 3 aromatic rings. The molecule has 0 radical (unpaired) electrons. The molecule has 0 atom stereocenters. The van der Waals surface area contributed by atoms with Gasteiger partial charge in [0.1, 0.15) is 10.7 Å². The second-order valence-electron chi connectivity index (χ2n) is 6.37. The van der Waals surface area contributed by atoms with Crippen molar-refractivity contribution in [2.45, 2.75) is 25.4 Å². The van der Waals surface area contributed by atoms with Gasteiger partial charge in [-0.3, -0.25) is 9.52 Å². The maximum atomic E-state index is 12.9. The van der Waals surface area contributed by atoms with Crippen LogP contribution in [0.5, 0.6) is 11.5 Å². The lowest BCUT2D eigenvalue weighted by Crippen LogP contribution is -2.15. The van der Waals surface area contributed by atoms with Gasteiger partial charge in [-0.2, -0.15) is 8.42 Å². The van der Waals surface area contributed by atoms with E-state index >= 15 is 0 Å². The molecule has 0 aliphatic carbocycles. The third-order valence-corrected chi connectivity index (χ3v) is 7.12. The van der Waals surface area contributed by atoms with Crippen LogP contribution < -0.4 is 14.2 Å². The second kappa shape index (κ2) is 7.36. The number of fused-ring (bicyclic) bond motifs is 1. The second-order valence-corrected chi connectivity index (χ2v) is 9.25. The van der Waals surface area contributed by atoms with Gasteiger partial charge in [-0.05, 0) is 48.6 Å². The molecule has 0 bridgehead atoms. The van der Waals surface area contributed by atoms with Gasteiger partial charge >= 0.3 is 0 Å². The van der Waals surface area contributed by atoms with Crippen LogP contribution in [0.2, 0.25) is 5.02 Å². The molecular weight excluding hydrogens is 440 g/mol. The summed E-state index contributed by atoms with van der Waals surface area (Å²) in [5.41, 5.74) is 2.07. The van der Waals surface area contributed by atoms with Crippen molar-refractivity contribution in [2.75, 3.05) is 11.5 Å². The highest BCUT2D eigenvalue weighted by Crippen LogP contribution is 2.36. The molecule has 1 aliphatic rings. The zero-order valence-electron chi connectivity index (χ0n) is 15.3. The standard InChI is InChI=1S/C18H15ClN2O6S2/c1-9-5-14-15(26-8-25-14)7-11(9)6-13(22)17-12(3-4-28-17)21-29(23,24)18-16(19)10(2)20-27-18/h3-5,7,21H,6,8H2,1-2H3. The third-order valence-electron chi connectivity index (χ3n) is 4.35. The van der Waals surface area contributed by atoms with Crippen LogP contribution in [0.3, 0.4) is 0 Å². The Morgan fingerprint density at radius 2 is 2.00 bits per heavy atom. The van der Waals surface area contributed by atoms with E-state index in [-0.39, 0.29) is 40.3 Å². The minimum absolute atomic E-state index is 0.0832. The number of nitrogens with one attached hydrogen (secondary N) is 1. The van der Waals surface area contributed by atoms with E-state index in [0.29, 0.717) is 11.5 Å². The number of ketones is 1. The number of sulfonamides is 1. The summed E-state index contributed by atoms with van der Waals surface area (Å²) in [6.07, 6.45) is 0.0832. The number of carbonyl (C=O) groups excluding carboxylic acids is 1. The Hall–Kier alpha value is -2.56. The smallest absolute Gasteiger partial charge is 0.299 e. The summed E-state index contributed by atoms with van der Waals surface area (Å²) >= 11 is 7.09. The van der Waals surface area contributed by atoms with Crippen molar-refractivity contribution in [1.29, 1.82) is 0 Å². The Labute approximate surface area is 175 Å². The number of hydrogen-bond donors (Lipinski definition) is 1. The number of benzene rings is 1. The third kappa shape index (κ3) is 3.70. The maximum absolute atomic E-state index is 12.9. The quantitative estimate of drug-likeness (QED) is 0.561. The summed E-state index contributed by atoms with van der Waals surface area (Å²) in [4.78, 5) is 13.2. The first-order valence-corrected chi connectivity index (χ1v) is 11.1. The van der Waals surface area contributed by atoms with Crippen molar-refractivity contribution in [2.24, 2.45) is 0 Å². The normalized spacial score (nSPS) is 12.9. The van der Waals surface area contributed by atoms with Crippen LogP contribution >= 0.6 is 22.9 Å². The fourth-order valence-electron chi connectivity index (χ4n) is 2.83. The number of carbonyl (C=O) groups is 1. The number of anilines is 1. The molecule has 4 rings (SSSR count). The van der Waals surface area contributed by atoms with Gasteiger partial charge in [0.05, 0.1) is 10.6 Å². The predicted octanol–water partition coefficient (Wildman–Crippen LogP) is 3.96. The van der Waals surface area contributed by atoms with Crippen LogP contribution in [-0.4, -0.2) is 26.2 Å². The first kappa shape index (κ1) is 19.7. The van der Waals surface area contributed by atoms with Gasteiger partial charge in [-0.25, -0.2) is 0 Å². The van der Waals surface area contributed by atoms with Crippen LogP contribution in [-0.2, 0) is 16.4 Å². The number of ether oxygens (including phenoxy) is 2. The summed E-state index contributed by atoms with van der Waals surface area (Å²) in [6.45, 7) is 3.54. The van der Waals surface area contributed by atoms with Crippen LogP contribution in [0.15, 0.2) is 33.2 Å². The molecule has 1 N–H and O–H groups in total. The van der Waals surface area contributed by atoms with E-state index in [0.717, 1.165) is 22.5 Å². The Morgan fingerprint density at radius 1 is 1.28 bits per heavy atom. The Kier molecular flexibility index (Phi) is 5.01. The Morgan fingerprint density at radius 3 is 2.69 bits per heavy atom. The molecule has 0 saturated carbocycles. The summed E-state index contributed by atoms with van der Waals surface area (Å²) in [7, 11) is -4.13. The average molecular weight is 455 g/mol. The number of aryl methyl sites for hydroxylation is 2. The monoisotopic (exact) mass is 454 g/mol. The topological polar surface area (TPSA) is 108 Å². The zero-order chi connectivity index (χ0) is 20.8. The number of nitrogens with zero attached hydrogens (tertiary/aromatic N) is 1. The highest BCUT2D eigenvalue weighted by Gasteiger charge is 2.28. The largest absolute Gasteiger partial charge is 0.454 e. The van der Waals surface area contributed by atoms with E-state index in [1.54, 1.807) is 11.4 Å². The summed E-state index contributed by atoms with van der Waals surface area (Å²) < 4.78 is 43.0. The fraction of sp³-hybridized carbons (Fsp3) is 0.222. The number of rotatable bonds is 6. The van der Waals surface area contributed by atoms with E-state index in [2.05, 4.69) is 9.88 Å². The molecule has 3 heterocycles. The van der Waals surface area contributed by atoms with Gasteiger partial charge in [-0.1, -0.05) is 16.8 Å². The molecule has 152 valence electrons. The van der Waals surface area contributed by atoms with Crippen molar-refractivity contribution in [3.63, 3.8) is 0 Å². The molecule has 0 spiro atoms. The van der Waals surface area contributed by atoms with Crippen LogP contribution in [0, 0.1) is 13.8 Å². The lowest BCUT2D eigenvalue weighted by atomic mass is 10.0. The van der Waals surface area contributed by atoms with Gasteiger partial charge < -0.3 is 14.0 Å². The highest BCUT2D eigenvalue weighted by molar-refractivity contribution is 7.92. The first-order chi connectivity index (χ1) is 13.8. The van der Waals surface area contributed by atoms with E-state index in [4.69, 9.17) is 25.6 Å². The van der Waals surface area contributed by atoms with Gasteiger partial charge in [0.2, 0.25) is 6.79 Å². The molecule has 1 aliphatic heterocycles. The molecule has 0 unspecified atom stereocenters. The SMILES string of the molecule is Cc1cc2c(cc1CC(=O)c1sccc1NS(=O)(=O)c1onc(C)c1Cl)OCO2. The molecule has 0 saturated heterocycles. The number of thiophene rings is 1. The zero-order valence-corrected chi connectivity index (χ0v) is 17.7. The molecule has 8 nitrogen and oxygen atoms in total. The van der Waals surface area contributed by atoms with Crippen molar-refractivity contribution >= 4 is 44.4 Å². The van der Waals surface area contributed by atoms with E-state index in [1.165, 1.54) is 13.0 Å². The molecular formula is C18H15ClN2O6S2. The van der Waals surface area contributed by atoms with E-state index in [9.17, 15) is 13.2 Å². The minimum atomic E-state index is -4.13. The lowest BCUT2D eigenvalue weighted by Gasteiger charge is -2.09. The number of aromatic nitrogens is 1. The first-order valence-electron chi connectivity index (χ1n) is 8.40. The van der Waals surface area contributed by atoms with Crippen molar-refractivity contribution < 1.29 is 27.2 Å². The molecule has 2 aromatic heterocycles. The lowest BCUT2D eigenvalue weighted by molar-refractivity contribution is 0.0997. The van der Waals surface area contributed by atoms with Gasteiger partial charge in [-0.15, -0.1) is 11.3 Å². The average Bonchev–Trinajstić information content (AvgIpc) is 3.37. The summed E-state index contributed by atoms with van der Waals surface area (Å²) in [6, 6.07) is 5.10. The molecule has 11 heteroatoms. The molecule has 0 fully saturated rings. The Bertz CT molecular complexity index is 1220. The number of Topliss-reactive ketones (excluding diaryl/α,β-unsaturated/α-hetero) is 1. The number of halogens is 1. The van der Waals surface area contributed by atoms with Crippen LogP contribution in [0.1, 0.15) is 26.5 Å².